The predicted octanol–water partition coefficient (Wildman–Crippen LogP) is 2.61. The zero-order valence-corrected chi connectivity index (χ0v) is 18.9. The molecule has 9 nitrogen and oxygen atoms in total. The van der Waals surface area contributed by atoms with Crippen LogP contribution in [0.4, 0.5) is 17.3 Å². The molecule has 0 radical (unpaired) electrons. The van der Waals surface area contributed by atoms with Crippen LogP contribution in [0.3, 0.4) is 0 Å². The van der Waals surface area contributed by atoms with Gasteiger partial charge in [0.1, 0.15) is 11.3 Å². The lowest BCUT2D eigenvalue weighted by Gasteiger charge is -2.35. The van der Waals surface area contributed by atoms with E-state index in [0.717, 1.165) is 49.8 Å². The number of anilines is 3. The average molecular weight is 426 g/mol. The zero-order chi connectivity index (χ0) is 22.1. The highest BCUT2D eigenvalue weighted by Crippen LogP contribution is 2.32. The van der Waals surface area contributed by atoms with Gasteiger partial charge in [-0.2, -0.15) is 4.98 Å². The number of imidazole rings is 1. The minimum atomic E-state index is -0.0958. The van der Waals surface area contributed by atoms with Gasteiger partial charge in [0, 0.05) is 51.0 Å². The van der Waals surface area contributed by atoms with Crippen molar-refractivity contribution in [2.24, 2.45) is 7.05 Å². The summed E-state index contributed by atoms with van der Waals surface area (Å²) in [4.78, 5) is 26.4. The van der Waals surface area contributed by atoms with Crippen molar-refractivity contribution in [3.05, 3.63) is 34.9 Å². The van der Waals surface area contributed by atoms with E-state index in [1.54, 1.807) is 29.5 Å². The lowest BCUT2D eigenvalue weighted by atomic mass is 10.2. The van der Waals surface area contributed by atoms with Gasteiger partial charge in [-0.25, -0.2) is 9.78 Å². The number of nitrogens with one attached hydrogen (secondary N) is 1. The van der Waals surface area contributed by atoms with Gasteiger partial charge in [0.05, 0.1) is 19.0 Å². The Morgan fingerprint density at radius 1 is 1.19 bits per heavy atom. The van der Waals surface area contributed by atoms with Gasteiger partial charge in [-0.1, -0.05) is 6.92 Å². The topological polar surface area (TPSA) is 80.5 Å². The second kappa shape index (κ2) is 8.58. The Labute approximate surface area is 182 Å². The fourth-order valence-electron chi connectivity index (χ4n) is 4.08. The number of ether oxygens (including phenoxy) is 1. The molecule has 3 aromatic rings. The number of benzene rings is 1. The molecule has 0 unspecified atom stereocenters. The van der Waals surface area contributed by atoms with Gasteiger partial charge < -0.3 is 19.9 Å². The second-order valence-corrected chi connectivity index (χ2v) is 8.14. The van der Waals surface area contributed by atoms with Crippen molar-refractivity contribution in [1.82, 2.24) is 24.0 Å². The molecule has 1 fully saturated rings. The lowest BCUT2D eigenvalue weighted by Crippen LogP contribution is -2.46. The maximum Gasteiger partial charge on any atom is 0.330 e. The number of hydrogen-bond donors (Lipinski definition) is 1. The molecule has 0 spiro atoms. The fraction of sp³-hybridized carbons (Fsp3) is 0.500. The summed E-state index contributed by atoms with van der Waals surface area (Å²) in [5, 5.41) is 3.26. The van der Waals surface area contributed by atoms with Crippen LogP contribution < -0.4 is 20.6 Å². The smallest absolute Gasteiger partial charge is 0.330 e. The van der Waals surface area contributed by atoms with E-state index in [1.807, 2.05) is 19.9 Å². The highest BCUT2D eigenvalue weighted by atomic mass is 16.5. The number of hydrogen-bond acceptors (Lipinski definition) is 7. The van der Waals surface area contributed by atoms with E-state index < -0.39 is 0 Å². The van der Waals surface area contributed by atoms with Crippen molar-refractivity contribution < 1.29 is 4.74 Å². The molecule has 1 saturated heterocycles. The predicted molar refractivity (Wildman–Crippen MR) is 124 cm³/mol. The third kappa shape index (κ3) is 3.97. The number of rotatable bonds is 6. The number of aromatic nitrogens is 4. The molecule has 2 aromatic heterocycles. The van der Waals surface area contributed by atoms with E-state index in [-0.39, 0.29) is 11.7 Å². The normalized spacial score (nSPS) is 15.1. The fourth-order valence-corrected chi connectivity index (χ4v) is 4.08. The largest absolute Gasteiger partial charge is 0.494 e. The quantitative estimate of drug-likeness (QED) is 0.650. The number of piperazine rings is 1. The maximum atomic E-state index is 12.5. The number of fused-ring (bicyclic) bond motifs is 1. The Hall–Kier alpha value is -3.07. The van der Waals surface area contributed by atoms with Crippen molar-refractivity contribution in [3.8, 4) is 5.75 Å². The molecule has 1 aliphatic rings. The Morgan fingerprint density at radius 2 is 1.94 bits per heavy atom. The molecule has 166 valence electrons. The maximum absolute atomic E-state index is 12.5. The van der Waals surface area contributed by atoms with E-state index >= 15 is 0 Å². The van der Waals surface area contributed by atoms with Crippen molar-refractivity contribution in [1.29, 1.82) is 0 Å². The average Bonchev–Trinajstić information content (AvgIpc) is 3.03. The molecule has 1 aromatic carbocycles. The summed E-state index contributed by atoms with van der Waals surface area (Å²) >= 11 is 0. The van der Waals surface area contributed by atoms with Gasteiger partial charge in [-0.3, -0.25) is 9.13 Å². The van der Waals surface area contributed by atoms with Crippen molar-refractivity contribution in [3.63, 3.8) is 0 Å². The van der Waals surface area contributed by atoms with Gasteiger partial charge >= 0.3 is 5.69 Å². The molecule has 9 heteroatoms. The molecule has 0 aliphatic carbocycles. The van der Waals surface area contributed by atoms with Gasteiger partial charge in [0.2, 0.25) is 5.95 Å². The van der Waals surface area contributed by atoms with Crippen LogP contribution in [0.15, 0.2) is 29.2 Å². The van der Waals surface area contributed by atoms with Crippen LogP contribution in [0, 0.1) is 0 Å². The first kappa shape index (κ1) is 21.2. The Balaban J connectivity index is 1.61. The molecule has 4 rings (SSSR count). The van der Waals surface area contributed by atoms with Crippen LogP contribution in [0.25, 0.3) is 11.2 Å². The van der Waals surface area contributed by atoms with E-state index in [4.69, 9.17) is 4.74 Å². The molecule has 31 heavy (non-hydrogen) atoms. The third-order valence-electron chi connectivity index (χ3n) is 5.97. The zero-order valence-electron chi connectivity index (χ0n) is 18.9. The van der Waals surface area contributed by atoms with E-state index in [1.165, 1.54) is 0 Å². The van der Waals surface area contributed by atoms with Crippen LogP contribution >= 0.6 is 0 Å². The van der Waals surface area contributed by atoms with Gasteiger partial charge in [0.25, 0.3) is 0 Å². The molecule has 0 bridgehead atoms. The van der Waals surface area contributed by atoms with Crippen LogP contribution in [0.2, 0.25) is 0 Å². The van der Waals surface area contributed by atoms with Gasteiger partial charge in [-0.15, -0.1) is 0 Å². The standard InChI is InChI=1S/C22H31N7O2/c1-6-27-9-11-28(12-10-27)16-7-8-17(19(13-16)31-5)24-21-23-14-18-20(25-21)29(15(2)3)22(30)26(18)4/h7-8,13-15H,6,9-12H2,1-5H3,(H,23,24,25). The summed E-state index contributed by atoms with van der Waals surface area (Å²) in [5.41, 5.74) is 3.15. The summed E-state index contributed by atoms with van der Waals surface area (Å²) in [6, 6.07) is 6.14. The molecule has 1 aliphatic heterocycles. The Morgan fingerprint density at radius 3 is 2.58 bits per heavy atom. The van der Waals surface area contributed by atoms with Crippen LogP contribution in [-0.2, 0) is 7.05 Å². The summed E-state index contributed by atoms with van der Waals surface area (Å²) in [7, 11) is 3.40. The number of likely N-dealkylation sites (N-methyl/N-ethyl adjacent to an activating group) is 1. The van der Waals surface area contributed by atoms with Crippen molar-refractivity contribution in [2.75, 3.05) is 50.1 Å². The highest BCUT2D eigenvalue weighted by molar-refractivity contribution is 5.74. The Bertz CT molecular complexity index is 1130. The summed E-state index contributed by atoms with van der Waals surface area (Å²) in [6.07, 6.45) is 1.68. The molecule has 3 heterocycles. The van der Waals surface area contributed by atoms with E-state index in [2.05, 4.69) is 44.1 Å². The molecular weight excluding hydrogens is 394 g/mol. The second-order valence-electron chi connectivity index (χ2n) is 8.14. The first-order valence-electron chi connectivity index (χ1n) is 10.8. The third-order valence-corrected chi connectivity index (χ3v) is 5.97. The highest BCUT2D eigenvalue weighted by Gasteiger charge is 2.19. The molecule has 0 saturated carbocycles. The summed E-state index contributed by atoms with van der Waals surface area (Å²) in [5.74, 6) is 1.16. The first-order chi connectivity index (χ1) is 14.9. The van der Waals surface area contributed by atoms with E-state index in [9.17, 15) is 4.79 Å². The monoisotopic (exact) mass is 425 g/mol. The number of aryl methyl sites for hydroxylation is 1. The Kier molecular flexibility index (Phi) is 5.86. The lowest BCUT2D eigenvalue weighted by molar-refractivity contribution is 0.271. The van der Waals surface area contributed by atoms with Gasteiger partial charge in [-0.05, 0) is 32.5 Å². The van der Waals surface area contributed by atoms with Gasteiger partial charge in [0.15, 0.2) is 5.65 Å². The molecule has 1 N–H and O–H groups in total. The van der Waals surface area contributed by atoms with Crippen LogP contribution in [-0.4, -0.2) is 63.8 Å². The van der Waals surface area contributed by atoms with Crippen molar-refractivity contribution >= 4 is 28.5 Å². The summed E-state index contributed by atoms with van der Waals surface area (Å²) < 4.78 is 8.90. The minimum absolute atomic E-state index is 0.000875. The summed E-state index contributed by atoms with van der Waals surface area (Å²) in [6.45, 7) is 11.4. The first-order valence-corrected chi connectivity index (χ1v) is 10.8. The number of methoxy groups -OCH3 is 1. The van der Waals surface area contributed by atoms with Crippen LogP contribution in [0.5, 0.6) is 5.75 Å². The number of nitrogens with zero attached hydrogens (tertiary/aromatic N) is 6. The van der Waals surface area contributed by atoms with Crippen molar-refractivity contribution in [2.45, 2.75) is 26.8 Å². The molecular formula is C22H31N7O2. The molecule has 0 atom stereocenters. The van der Waals surface area contributed by atoms with Crippen LogP contribution in [0.1, 0.15) is 26.8 Å². The SMILES string of the molecule is CCN1CCN(c2ccc(Nc3ncc4c(n3)n(C(C)C)c(=O)n4C)c(OC)c2)CC1. The minimum Gasteiger partial charge on any atom is -0.494 e. The molecule has 0 amide bonds. The van der Waals surface area contributed by atoms with E-state index in [0.29, 0.717) is 17.1 Å².